The van der Waals surface area contributed by atoms with Gasteiger partial charge in [0.2, 0.25) is 5.78 Å². The van der Waals surface area contributed by atoms with Crippen LogP contribution in [0.5, 0.6) is 0 Å². The van der Waals surface area contributed by atoms with Crippen LogP contribution in [0.4, 0.5) is 0 Å². The molecule has 0 fully saturated rings. The van der Waals surface area contributed by atoms with Crippen molar-refractivity contribution in [3.8, 4) is 0 Å². The van der Waals surface area contributed by atoms with E-state index < -0.39 is 5.78 Å². The van der Waals surface area contributed by atoms with Crippen molar-refractivity contribution in [2.45, 2.75) is 0 Å². The van der Waals surface area contributed by atoms with Crippen molar-refractivity contribution in [3.05, 3.63) is 42.1 Å². The zero-order valence-electron chi connectivity index (χ0n) is 7.31. The van der Waals surface area contributed by atoms with E-state index in [0.29, 0.717) is 17.2 Å². The largest absolute Gasteiger partial charge is 0.294 e. The summed E-state index contributed by atoms with van der Waals surface area (Å²) in [5.41, 5.74) is 1.13. The third-order valence-electron chi connectivity index (χ3n) is 2.02. The highest BCUT2D eigenvalue weighted by Gasteiger charge is 2.07. The van der Waals surface area contributed by atoms with Gasteiger partial charge in [-0.3, -0.25) is 14.6 Å². The monoisotopic (exact) mass is 185 g/mol. The average molecular weight is 185 g/mol. The maximum absolute atomic E-state index is 11.2. The molecule has 1 aromatic carbocycles. The fraction of sp³-hybridized carbons (Fsp3) is 0. The molecule has 1 heterocycles. The maximum atomic E-state index is 11.2. The summed E-state index contributed by atoms with van der Waals surface area (Å²) in [4.78, 5) is 25.7. The van der Waals surface area contributed by atoms with Gasteiger partial charge >= 0.3 is 0 Å². The second-order valence-corrected chi connectivity index (χ2v) is 2.86. The summed E-state index contributed by atoms with van der Waals surface area (Å²) < 4.78 is 0. The average Bonchev–Trinajstić information content (AvgIpc) is 2.27. The lowest BCUT2D eigenvalue weighted by Gasteiger charge is -2.00. The van der Waals surface area contributed by atoms with Crippen LogP contribution in [-0.2, 0) is 4.79 Å². The van der Waals surface area contributed by atoms with Crippen molar-refractivity contribution in [2.75, 3.05) is 0 Å². The van der Waals surface area contributed by atoms with Crippen LogP contribution in [0.3, 0.4) is 0 Å². The van der Waals surface area contributed by atoms with Crippen LogP contribution >= 0.6 is 0 Å². The summed E-state index contributed by atoms with van der Waals surface area (Å²) in [7, 11) is 0. The van der Waals surface area contributed by atoms with E-state index in [0.717, 1.165) is 5.52 Å². The summed E-state index contributed by atoms with van der Waals surface area (Å²) in [5, 5.41) is 0.715. The Bertz CT molecular complexity index is 500. The Kier molecular flexibility index (Phi) is 2.07. The van der Waals surface area contributed by atoms with Gasteiger partial charge in [0.1, 0.15) is 0 Å². The Hall–Kier alpha value is -2.03. The molecule has 2 aromatic rings. The fourth-order valence-corrected chi connectivity index (χ4v) is 1.38. The zero-order valence-corrected chi connectivity index (χ0v) is 7.31. The summed E-state index contributed by atoms with van der Waals surface area (Å²) in [6.07, 6.45) is 1.97. The SMILES string of the molecule is O=CC(=O)c1cccc2ncccc12. The Morgan fingerprint density at radius 2 is 2.07 bits per heavy atom. The van der Waals surface area contributed by atoms with Crippen LogP contribution in [0.15, 0.2) is 36.5 Å². The molecule has 0 saturated carbocycles. The second kappa shape index (κ2) is 3.38. The van der Waals surface area contributed by atoms with Gasteiger partial charge in [-0.1, -0.05) is 18.2 Å². The first-order chi connectivity index (χ1) is 6.83. The molecule has 14 heavy (non-hydrogen) atoms. The zero-order chi connectivity index (χ0) is 9.97. The highest BCUT2D eigenvalue weighted by Crippen LogP contribution is 2.15. The van der Waals surface area contributed by atoms with Crippen LogP contribution in [-0.4, -0.2) is 17.1 Å². The summed E-state index contributed by atoms with van der Waals surface area (Å²) >= 11 is 0. The number of aldehydes is 1. The summed E-state index contributed by atoms with van der Waals surface area (Å²) in [5.74, 6) is -0.511. The lowest BCUT2D eigenvalue weighted by atomic mass is 10.1. The van der Waals surface area contributed by atoms with E-state index in [1.807, 2.05) is 0 Å². The summed E-state index contributed by atoms with van der Waals surface area (Å²) in [6, 6.07) is 8.66. The van der Waals surface area contributed by atoms with Crippen molar-refractivity contribution < 1.29 is 9.59 Å². The highest BCUT2D eigenvalue weighted by molar-refractivity contribution is 6.36. The van der Waals surface area contributed by atoms with E-state index in [9.17, 15) is 9.59 Å². The van der Waals surface area contributed by atoms with Gasteiger partial charge in [0.15, 0.2) is 6.29 Å². The molecule has 3 heteroatoms. The number of Topliss-reactive ketones (excluding diaryl/α,β-unsaturated/α-hetero) is 1. The molecule has 0 N–H and O–H groups in total. The van der Waals surface area contributed by atoms with Crippen LogP contribution in [0, 0.1) is 0 Å². The normalized spacial score (nSPS) is 10.0. The smallest absolute Gasteiger partial charge is 0.226 e. The van der Waals surface area contributed by atoms with Crippen molar-refractivity contribution in [2.24, 2.45) is 0 Å². The number of pyridine rings is 1. The van der Waals surface area contributed by atoms with E-state index in [1.165, 1.54) is 0 Å². The Morgan fingerprint density at radius 1 is 1.21 bits per heavy atom. The number of hydrogen-bond acceptors (Lipinski definition) is 3. The quantitative estimate of drug-likeness (QED) is 0.405. The predicted octanol–water partition coefficient (Wildman–Crippen LogP) is 1.62. The molecule has 0 aliphatic heterocycles. The van der Waals surface area contributed by atoms with Crippen LogP contribution < -0.4 is 0 Å². The minimum atomic E-state index is -0.511. The van der Waals surface area contributed by atoms with Gasteiger partial charge in [-0.25, -0.2) is 0 Å². The van der Waals surface area contributed by atoms with Crippen LogP contribution in [0.25, 0.3) is 10.9 Å². The molecule has 68 valence electrons. The number of aromatic nitrogens is 1. The maximum Gasteiger partial charge on any atom is 0.226 e. The predicted molar refractivity (Wildman–Crippen MR) is 52.1 cm³/mol. The standard InChI is InChI=1S/C11H7NO2/c13-7-11(14)9-3-1-5-10-8(9)4-2-6-12-10/h1-7H. The Morgan fingerprint density at radius 3 is 2.86 bits per heavy atom. The molecule has 0 radical (unpaired) electrons. The van der Waals surface area contributed by atoms with Gasteiger partial charge < -0.3 is 0 Å². The van der Waals surface area contributed by atoms with Crippen molar-refractivity contribution in [1.82, 2.24) is 4.98 Å². The van der Waals surface area contributed by atoms with E-state index in [1.54, 1.807) is 36.5 Å². The first-order valence-corrected chi connectivity index (χ1v) is 4.16. The number of ketones is 1. The van der Waals surface area contributed by atoms with Gasteiger partial charge in [-0.2, -0.15) is 0 Å². The topological polar surface area (TPSA) is 47.0 Å². The first-order valence-electron chi connectivity index (χ1n) is 4.16. The Balaban J connectivity index is 2.77. The third kappa shape index (κ3) is 1.29. The number of hydrogen-bond donors (Lipinski definition) is 0. The van der Waals surface area contributed by atoms with Crippen LogP contribution in [0.2, 0.25) is 0 Å². The fourth-order valence-electron chi connectivity index (χ4n) is 1.38. The van der Waals surface area contributed by atoms with Crippen molar-refractivity contribution in [3.63, 3.8) is 0 Å². The first kappa shape index (κ1) is 8.56. The molecule has 0 amide bonds. The molecular weight excluding hydrogens is 178 g/mol. The van der Waals surface area contributed by atoms with Gasteiger partial charge in [0.05, 0.1) is 5.52 Å². The number of fused-ring (bicyclic) bond motifs is 1. The number of rotatable bonds is 2. The second-order valence-electron chi connectivity index (χ2n) is 2.86. The molecule has 2 rings (SSSR count). The molecule has 0 saturated heterocycles. The van der Waals surface area contributed by atoms with Crippen molar-refractivity contribution in [1.29, 1.82) is 0 Å². The number of carbonyl (C=O) groups is 2. The van der Waals surface area contributed by atoms with Gasteiger partial charge in [0.25, 0.3) is 0 Å². The Labute approximate surface area is 80.4 Å². The van der Waals surface area contributed by atoms with Gasteiger partial charge in [-0.15, -0.1) is 0 Å². The molecule has 0 atom stereocenters. The molecule has 0 spiro atoms. The van der Waals surface area contributed by atoms with E-state index in [2.05, 4.69) is 4.98 Å². The minimum absolute atomic E-state index is 0.321. The molecule has 0 aliphatic carbocycles. The number of carbonyl (C=O) groups excluding carboxylic acids is 2. The molecular formula is C11H7NO2. The summed E-state index contributed by atoms with van der Waals surface area (Å²) in [6.45, 7) is 0. The third-order valence-corrected chi connectivity index (χ3v) is 2.02. The molecule has 1 aromatic heterocycles. The highest BCUT2D eigenvalue weighted by atomic mass is 16.2. The van der Waals surface area contributed by atoms with E-state index in [4.69, 9.17) is 0 Å². The number of benzene rings is 1. The van der Waals surface area contributed by atoms with Gasteiger partial charge in [0, 0.05) is 17.1 Å². The van der Waals surface area contributed by atoms with Gasteiger partial charge in [-0.05, 0) is 12.1 Å². The lowest BCUT2D eigenvalue weighted by molar-refractivity contribution is -0.104. The molecule has 3 nitrogen and oxygen atoms in total. The van der Waals surface area contributed by atoms with Crippen LogP contribution in [0.1, 0.15) is 10.4 Å². The molecule has 0 unspecified atom stereocenters. The minimum Gasteiger partial charge on any atom is -0.294 e. The lowest BCUT2D eigenvalue weighted by Crippen LogP contribution is -2.00. The molecule has 0 bridgehead atoms. The van der Waals surface area contributed by atoms with Crippen molar-refractivity contribution >= 4 is 23.0 Å². The molecule has 0 aliphatic rings. The van der Waals surface area contributed by atoms with E-state index >= 15 is 0 Å². The number of nitrogens with zero attached hydrogens (tertiary/aromatic N) is 1. The van der Waals surface area contributed by atoms with E-state index in [-0.39, 0.29) is 0 Å².